The minimum atomic E-state index is -4.51. The first-order chi connectivity index (χ1) is 9.76. The van der Waals surface area contributed by atoms with E-state index >= 15 is 0 Å². The lowest BCUT2D eigenvalue weighted by Crippen LogP contribution is -2.30. The molecular weight excluding hydrogens is 323 g/mol. The van der Waals surface area contributed by atoms with Gasteiger partial charge in [-0.15, -0.1) is 11.3 Å². The van der Waals surface area contributed by atoms with Crippen molar-refractivity contribution < 1.29 is 21.6 Å². The molecule has 1 aromatic carbocycles. The molecule has 0 atom stereocenters. The van der Waals surface area contributed by atoms with Gasteiger partial charge in [-0.3, -0.25) is 4.31 Å². The predicted molar refractivity (Wildman–Crippen MR) is 76.0 cm³/mol. The molecule has 3 nitrogen and oxygen atoms in total. The fourth-order valence-corrected chi connectivity index (χ4v) is 4.42. The summed E-state index contributed by atoms with van der Waals surface area (Å²) in [6.07, 6.45) is -4.51. The van der Waals surface area contributed by atoms with Crippen molar-refractivity contribution in [3.63, 3.8) is 0 Å². The first-order valence-corrected chi connectivity index (χ1v) is 8.32. The van der Waals surface area contributed by atoms with E-state index in [4.69, 9.17) is 0 Å². The van der Waals surface area contributed by atoms with E-state index in [2.05, 4.69) is 0 Å². The van der Waals surface area contributed by atoms with Crippen molar-refractivity contribution in [1.29, 1.82) is 0 Å². The number of anilines is 1. The zero-order valence-corrected chi connectivity index (χ0v) is 12.6. The maximum Gasteiger partial charge on any atom is 0.416 e. The Kier molecular flexibility index (Phi) is 4.29. The number of sulfonamides is 1. The van der Waals surface area contributed by atoms with Crippen LogP contribution in [0.3, 0.4) is 0 Å². The number of hydrogen-bond acceptors (Lipinski definition) is 3. The number of benzene rings is 1. The smallest absolute Gasteiger partial charge is 0.266 e. The topological polar surface area (TPSA) is 37.4 Å². The van der Waals surface area contributed by atoms with E-state index in [0.29, 0.717) is 0 Å². The van der Waals surface area contributed by atoms with Gasteiger partial charge in [0.25, 0.3) is 10.0 Å². The molecule has 0 radical (unpaired) electrons. The van der Waals surface area contributed by atoms with Gasteiger partial charge in [-0.1, -0.05) is 12.1 Å². The van der Waals surface area contributed by atoms with Crippen LogP contribution < -0.4 is 4.31 Å². The maximum absolute atomic E-state index is 12.7. The molecule has 0 aliphatic rings. The van der Waals surface area contributed by atoms with Gasteiger partial charge in [0.2, 0.25) is 0 Å². The Labute approximate surface area is 124 Å². The van der Waals surface area contributed by atoms with Crippen LogP contribution in [0, 0.1) is 0 Å². The molecule has 0 amide bonds. The molecule has 1 heterocycles. The van der Waals surface area contributed by atoms with Crippen molar-refractivity contribution in [1.82, 2.24) is 0 Å². The van der Waals surface area contributed by atoms with Crippen LogP contribution in [0.4, 0.5) is 18.9 Å². The SMILES string of the molecule is CCN(c1cccc(C(F)(F)F)c1)S(=O)(=O)c1cccs1. The third-order valence-electron chi connectivity index (χ3n) is 2.79. The summed E-state index contributed by atoms with van der Waals surface area (Å²) >= 11 is 1.03. The molecule has 2 aromatic rings. The molecule has 0 aliphatic heterocycles. The second kappa shape index (κ2) is 5.69. The van der Waals surface area contributed by atoms with Crippen molar-refractivity contribution in [3.8, 4) is 0 Å². The van der Waals surface area contributed by atoms with Gasteiger partial charge in [-0.25, -0.2) is 8.42 Å². The molecule has 8 heteroatoms. The summed E-state index contributed by atoms with van der Waals surface area (Å²) < 4.78 is 64.2. The number of rotatable bonds is 4. The summed E-state index contributed by atoms with van der Waals surface area (Å²) in [6.45, 7) is 1.62. The van der Waals surface area contributed by atoms with E-state index < -0.39 is 21.8 Å². The first-order valence-electron chi connectivity index (χ1n) is 6.00. The second-order valence-electron chi connectivity index (χ2n) is 4.15. The summed E-state index contributed by atoms with van der Waals surface area (Å²) in [5, 5.41) is 1.60. The summed E-state index contributed by atoms with van der Waals surface area (Å²) in [5.41, 5.74) is -0.874. The molecule has 0 fully saturated rings. The van der Waals surface area contributed by atoms with Crippen LogP contribution in [0.5, 0.6) is 0 Å². The number of hydrogen-bond donors (Lipinski definition) is 0. The van der Waals surface area contributed by atoms with Gasteiger partial charge in [0.1, 0.15) is 4.21 Å². The molecular formula is C13H12F3NO2S2. The van der Waals surface area contributed by atoms with E-state index in [1.807, 2.05) is 0 Å². The first kappa shape index (κ1) is 15.8. The van der Waals surface area contributed by atoms with E-state index in [0.717, 1.165) is 27.8 Å². The lowest BCUT2D eigenvalue weighted by molar-refractivity contribution is -0.137. The predicted octanol–water partition coefficient (Wildman–Crippen LogP) is 3.98. The van der Waals surface area contributed by atoms with Gasteiger partial charge in [0.15, 0.2) is 0 Å². The second-order valence-corrected chi connectivity index (χ2v) is 7.19. The average molecular weight is 335 g/mol. The van der Waals surface area contributed by atoms with Crippen molar-refractivity contribution in [3.05, 3.63) is 47.3 Å². The minimum Gasteiger partial charge on any atom is -0.266 e. The highest BCUT2D eigenvalue weighted by atomic mass is 32.2. The molecule has 2 rings (SSSR count). The highest BCUT2D eigenvalue weighted by molar-refractivity contribution is 7.94. The highest BCUT2D eigenvalue weighted by Crippen LogP contribution is 2.33. The monoisotopic (exact) mass is 335 g/mol. The van der Waals surface area contributed by atoms with Crippen LogP contribution in [0.2, 0.25) is 0 Å². The fraction of sp³-hybridized carbons (Fsp3) is 0.231. The van der Waals surface area contributed by atoms with Crippen LogP contribution >= 0.6 is 11.3 Å². The molecule has 0 bridgehead atoms. The largest absolute Gasteiger partial charge is 0.416 e. The van der Waals surface area contributed by atoms with Gasteiger partial charge in [0, 0.05) is 6.54 Å². The number of thiophene rings is 1. The standard InChI is InChI=1S/C13H12F3NO2S2/c1-2-17(21(18,19)12-7-4-8-20-12)11-6-3-5-10(9-11)13(14,15)16/h3-9H,2H2,1H3. The van der Waals surface area contributed by atoms with Crippen molar-refractivity contribution in [2.75, 3.05) is 10.8 Å². The third-order valence-corrected chi connectivity index (χ3v) is 6.06. The normalized spacial score (nSPS) is 12.4. The van der Waals surface area contributed by atoms with E-state index in [9.17, 15) is 21.6 Å². The van der Waals surface area contributed by atoms with Crippen LogP contribution in [0.15, 0.2) is 46.0 Å². The molecule has 1 aromatic heterocycles. The number of nitrogens with zero attached hydrogens (tertiary/aromatic N) is 1. The van der Waals surface area contributed by atoms with E-state index in [1.54, 1.807) is 18.4 Å². The quantitative estimate of drug-likeness (QED) is 0.847. The zero-order chi connectivity index (χ0) is 15.7. The van der Waals surface area contributed by atoms with Crippen molar-refractivity contribution in [2.45, 2.75) is 17.3 Å². The fourth-order valence-electron chi connectivity index (χ4n) is 1.85. The Hall–Kier alpha value is -1.54. The van der Waals surface area contributed by atoms with Gasteiger partial charge in [-0.05, 0) is 36.6 Å². The zero-order valence-electron chi connectivity index (χ0n) is 11.0. The Morgan fingerprint density at radius 3 is 2.43 bits per heavy atom. The number of halogens is 3. The minimum absolute atomic E-state index is 0.000671. The molecule has 0 saturated heterocycles. The maximum atomic E-state index is 12.7. The third kappa shape index (κ3) is 3.21. The summed E-state index contributed by atoms with van der Waals surface area (Å²) in [7, 11) is -3.84. The molecule has 0 N–H and O–H groups in total. The van der Waals surface area contributed by atoms with Gasteiger partial charge < -0.3 is 0 Å². The molecule has 21 heavy (non-hydrogen) atoms. The van der Waals surface area contributed by atoms with Crippen molar-refractivity contribution in [2.24, 2.45) is 0 Å². The van der Waals surface area contributed by atoms with Crippen LogP contribution in [0.25, 0.3) is 0 Å². The Bertz CT molecular complexity index is 709. The van der Waals surface area contributed by atoms with Crippen LogP contribution in [-0.2, 0) is 16.2 Å². The average Bonchev–Trinajstić information content (AvgIpc) is 2.93. The van der Waals surface area contributed by atoms with Crippen LogP contribution in [0.1, 0.15) is 12.5 Å². The van der Waals surface area contributed by atoms with Crippen LogP contribution in [-0.4, -0.2) is 15.0 Å². The lowest BCUT2D eigenvalue weighted by Gasteiger charge is -2.22. The molecule has 0 aliphatic carbocycles. The number of alkyl halides is 3. The van der Waals surface area contributed by atoms with E-state index in [-0.39, 0.29) is 16.4 Å². The molecule has 114 valence electrons. The van der Waals surface area contributed by atoms with Gasteiger partial charge in [-0.2, -0.15) is 13.2 Å². The van der Waals surface area contributed by atoms with Crippen molar-refractivity contribution >= 4 is 27.0 Å². The summed E-state index contributed by atoms with van der Waals surface area (Å²) in [6, 6.07) is 7.31. The van der Waals surface area contributed by atoms with Gasteiger partial charge >= 0.3 is 6.18 Å². The Balaban J connectivity index is 2.48. The Morgan fingerprint density at radius 1 is 1.19 bits per heavy atom. The summed E-state index contributed by atoms with van der Waals surface area (Å²) in [5.74, 6) is 0. The molecule has 0 saturated carbocycles. The lowest BCUT2D eigenvalue weighted by atomic mass is 10.2. The Morgan fingerprint density at radius 2 is 1.90 bits per heavy atom. The van der Waals surface area contributed by atoms with Gasteiger partial charge in [0.05, 0.1) is 11.3 Å². The van der Waals surface area contributed by atoms with E-state index in [1.165, 1.54) is 18.2 Å². The summed E-state index contributed by atoms with van der Waals surface area (Å²) in [4.78, 5) is 0. The molecule has 0 spiro atoms. The highest BCUT2D eigenvalue weighted by Gasteiger charge is 2.32. The molecule has 0 unspecified atom stereocenters.